The second kappa shape index (κ2) is 9.15. The van der Waals surface area contributed by atoms with Gasteiger partial charge in [-0.05, 0) is 35.9 Å². The van der Waals surface area contributed by atoms with Gasteiger partial charge in [0, 0.05) is 11.1 Å². The van der Waals surface area contributed by atoms with Gasteiger partial charge in [-0.1, -0.05) is 41.9 Å². The molecular weight excluding hydrogens is 378 g/mol. The predicted octanol–water partition coefficient (Wildman–Crippen LogP) is 5.19. The van der Waals surface area contributed by atoms with Crippen molar-refractivity contribution in [3.05, 3.63) is 82.9 Å². The summed E-state index contributed by atoms with van der Waals surface area (Å²) in [5.74, 6) is 1.19. The van der Waals surface area contributed by atoms with Gasteiger partial charge in [-0.2, -0.15) is 0 Å². The van der Waals surface area contributed by atoms with Gasteiger partial charge in [0.1, 0.15) is 23.9 Å². The Bertz CT molecular complexity index is 960. The number of ether oxygens (including phenoxy) is 3. The van der Waals surface area contributed by atoms with E-state index < -0.39 is 0 Å². The third-order valence-corrected chi connectivity index (χ3v) is 4.31. The van der Waals surface area contributed by atoms with Crippen LogP contribution in [-0.4, -0.2) is 20.1 Å². The predicted molar refractivity (Wildman–Crippen MR) is 110 cm³/mol. The number of carbonyl (C=O) groups excluding carboxylic acids is 1. The Kier molecular flexibility index (Phi) is 6.40. The fourth-order valence-corrected chi connectivity index (χ4v) is 2.81. The summed E-state index contributed by atoms with van der Waals surface area (Å²) >= 11 is 6.11. The number of anilines is 1. The van der Waals surface area contributed by atoms with Crippen molar-refractivity contribution in [2.24, 2.45) is 0 Å². The van der Waals surface area contributed by atoms with E-state index in [1.807, 2.05) is 30.3 Å². The first kappa shape index (κ1) is 19.6. The molecule has 1 N–H and O–H groups in total. The number of rotatable bonds is 7. The number of methoxy groups -OCH3 is 2. The maximum atomic E-state index is 12.9. The molecule has 144 valence electrons. The first-order chi connectivity index (χ1) is 13.6. The second-order valence-corrected chi connectivity index (χ2v) is 6.37. The number of carbonyl (C=O) groups is 1. The topological polar surface area (TPSA) is 56.8 Å². The molecule has 3 aromatic rings. The van der Waals surface area contributed by atoms with Crippen LogP contribution in [0.1, 0.15) is 15.9 Å². The van der Waals surface area contributed by atoms with Crippen LogP contribution in [0, 0.1) is 0 Å². The average Bonchev–Trinajstić information content (AvgIpc) is 2.73. The molecule has 5 nitrogen and oxygen atoms in total. The van der Waals surface area contributed by atoms with Gasteiger partial charge in [-0.3, -0.25) is 4.79 Å². The molecule has 0 aromatic heterocycles. The van der Waals surface area contributed by atoms with Gasteiger partial charge >= 0.3 is 0 Å². The zero-order valence-electron chi connectivity index (χ0n) is 15.6. The molecule has 0 spiro atoms. The summed E-state index contributed by atoms with van der Waals surface area (Å²) in [7, 11) is 3.09. The highest BCUT2D eigenvalue weighted by molar-refractivity contribution is 6.31. The Morgan fingerprint density at radius 1 is 0.929 bits per heavy atom. The fraction of sp³-hybridized carbons (Fsp3) is 0.136. The maximum absolute atomic E-state index is 12.9. The van der Waals surface area contributed by atoms with E-state index in [0.717, 1.165) is 5.56 Å². The van der Waals surface area contributed by atoms with Gasteiger partial charge in [0.15, 0.2) is 0 Å². The normalized spacial score (nSPS) is 10.2. The van der Waals surface area contributed by atoms with Crippen molar-refractivity contribution in [2.75, 3.05) is 19.5 Å². The van der Waals surface area contributed by atoms with Crippen LogP contribution in [-0.2, 0) is 6.61 Å². The Hall–Kier alpha value is -3.18. The van der Waals surface area contributed by atoms with E-state index in [0.29, 0.717) is 40.1 Å². The van der Waals surface area contributed by atoms with Crippen molar-refractivity contribution in [1.82, 2.24) is 0 Å². The summed E-state index contributed by atoms with van der Waals surface area (Å²) in [6, 6.07) is 19.8. The quantitative estimate of drug-likeness (QED) is 0.596. The molecule has 0 heterocycles. The molecule has 0 aliphatic heterocycles. The SMILES string of the molecule is COc1ccc(OC)c(NC(=O)c2cc(Cl)ccc2OCc2ccccc2)c1. The van der Waals surface area contributed by atoms with Crippen LogP contribution in [0.5, 0.6) is 17.2 Å². The molecule has 0 atom stereocenters. The fourth-order valence-electron chi connectivity index (χ4n) is 2.64. The second-order valence-electron chi connectivity index (χ2n) is 5.94. The highest BCUT2D eigenvalue weighted by atomic mass is 35.5. The third-order valence-electron chi connectivity index (χ3n) is 4.08. The number of benzene rings is 3. The lowest BCUT2D eigenvalue weighted by atomic mass is 10.1. The molecule has 0 unspecified atom stereocenters. The minimum atomic E-state index is -0.364. The van der Waals surface area contributed by atoms with E-state index in [1.54, 1.807) is 43.5 Å². The zero-order valence-corrected chi connectivity index (χ0v) is 16.3. The summed E-state index contributed by atoms with van der Waals surface area (Å²) in [5, 5.41) is 3.28. The van der Waals surface area contributed by atoms with Gasteiger partial charge in [-0.25, -0.2) is 0 Å². The van der Waals surface area contributed by atoms with Crippen LogP contribution >= 0.6 is 11.6 Å². The van der Waals surface area contributed by atoms with E-state index in [2.05, 4.69) is 5.32 Å². The van der Waals surface area contributed by atoms with Gasteiger partial charge in [0.25, 0.3) is 5.91 Å². The number of amides is 1. The van der Waals surface area contributed by atoms with Crippen LogP contribution in [0.4, 0.5) is 5.69 Å². The van der Waals surface area contributed by atoms with Crippen molar-refractivity contribution in [3.63, 3.8) is 0 Å². The van der Waals surface area contributed by atoms with Crippen molar-refractivity contribution in [2.45, 2.75) is 6.61 Å². The van der Waals surface area contributed by atoms with Gasteiger partial charge < -0.3 is 19.5 Å². The smallest absolute Gasteiger partial charge is 0.259 e. The lowest BCUT2D eigenvalue weighted by Crippen LogP contribution is -2.14. The molecule has 0 bridgehead atoms. The van der Waals surface area contributed by atoms with Crippen molar-refractivity contribution in [3.8, 4) is 17.2 Å². The van der Waals surface area contributed by atoms with E-state index in [-0.39, 0.29) is 5.91 Å². The van der Waals surface area contributed by atoms with E-state index in [1.165, 1.54) is 7.11 Å². The van der Waals surface area contributed by atoms with E-state index in [9.17, 15) is 4.79 Å². The summed E-state index contributed by atoms with van der Waals surface area (Å²) in [6.45, 7) is 0.339. The van der Waals surface area contributed by atoms with Crippen LogP contribution in [0.25, 0.3) is 0 Å². The lowest BCUT2D eigenvalue weighted by Gasteiger charge is -2.14. The number of nitrogens with one attached hydrogen (secondary N) is 1. The molecule has 1 amide bonds. The lowest BCUT2D eigenvalue weighted by molar-refractivity contribution is 0.102. The molecule has 3 rings (SSSR count). The molecular formula is C22H20ClNO4. The molecule has 0 aliphatic carbocycles. The number of hydrogen-bond acceptors (Lipinski definition) is 4. The monoisotopic (exact) mass is 397 g/mol. The van der Waals surface area contributed by atoms with Gasteiger partial charge in [-0.15, -0.1) is 0 Å². The largest absolute Gasteiger partial charge is 0.497 e. The number of hydrogen-bond donors (Lipinski definition) is 1. The molecule has 0 saturated heterocycles. The molecule has 0 saturated carbocycles. The molecule has 0 radical (unpaired) electrons. The summed E-state index contributed by atoms with van der Waals surface area (Å²) in [6.07, 6.45) is 0. The summed E-state index contributed by atoms with van der Waals surface area (Å²) in [5.41, 5.74) is 1.81. The summed E-state index contributed by atoms with van der Waals surface area (Å²) < 4.78 is 16.4. The van der Waals surface area contributed by atoms with Crippen molar-refractivity contribution in [1.29, 1.82) is 0 Å². The Labute approximate surface area is 168 Å². The standard InChI is InChI=1S/C22H20ClNO4/c1-26-17-9-11-21(27-2)19(13-17)24-22(25)18-12-16(23)8-10-20(18)28-14-15-6-4-3-5-7-15/h3-13H,14H2,1-2H3,(H,24,25). The van der Waals surface area contributed by atoms with Crippen LogP contribution in [0.15, 0.2) is 66.7 Å². The Balaban J connectivity index is 1.84. The average molecular weight is 398 g/mol. The van der Waals surface area contributed by atoms with Crippen LogP contribution < -0.4 is 19.5 Å². The van der Waals surface area contributed by atoms with Crippen molar-refractivity contribution >= 4 is 23.2 Å². The van der Waals surface area contributed by atoms with Gasteiger partial charge in [0.05, 0.1) is 25.5 Å². The van der Waals surface area contributed by atoms with Gasteiger partial charge in [0.2, 0.25) is 0 Å². The first-order valence-electron chi connectivity index (χ1n) is 8.60. The first-order valence-corrected chi connectivity index (χ1v) is 8.98. The minimum Gasteiger partial charge on any atom is -0.497 e. The molecule has 0 fully saturated rings. The van der Waals surface area contributed by atoms with Crippen molar-refractivity contribution < 1.29 is 19.0 Å². The molecule has 0 aliphatic rings. The highest BCUT2D eigenvalue weighted by Gasteiger charge is 2.16. The highest BCUT2D eigenvalue weighted by Crippen LogP contribution is 2.31. The van der Waals surface area contributed by atoms with Crippen LogP contribution in [0.3, 0.4) is 0 Å². The van der Waals surface area contributed by atoms with E-state index in [4.69, 9.17) is 25.8 Å². The Morgan fingerprint density at radius 2 is 1.68 bits per heavy atom. The molecule has 28 heavy (non-hydrogen) atoms. The third kappa shape index (κ3) is 4.75. The minimum absolute atomic E-state index is 0.327. The number of halogens is 1. The maximum Gasteiger partial charge on any atom is 0.259 e. The Morgan fingerprint density at radius 3 is 2.39 bits per heavy atom. The van der Waals surface area contributed by atoms with E-state index >= 15 is 0 Å². The van der Waals surface area contributed by atoms with Crippen LogP contribution in [0.2, 0.25) is 5.02 Å². The summed E-state index contributed by atoms with van der Waals surface area (Å²) in [4.78, 5) is 12.9. The zero-order chi connectivity index (χ0) is 19.9. The molecule has 6 heteroatoms. The molecule has 3 aromatic carbocycles.